The van der Waals surface area contributed by atoms with Crippen LogP contribution in [0.5, 0.6) is 5.75 Å². The number of benzene rings is 1. The Labute approximate surface area is 123 Å². The molecule has 6 nitrogen and oxygen atoms in total. The van der Waals surface area contributed by atoms with Gasteiger partial charge in [0.2, 0.25) is 0 Å². The number of carbonyl (C=O) groups is 2. The molecule has 1 aromatic carbocycles. The molecule has 0 spiro atoms. The molecule has 0 atom stereocenters. The molecule has 3 rings (SSSR count). The molecule has 2 aliphatic rings. The van der Waals surface area contributed by atoms with Crippen molar-refractivity contribution in [1.29, 1.82) is 0 Å². The van der Waals surface area contributed by atoms with E-state index < -0.39 is 0 Å². The van der Waals surface area contributed by atoms with Crippen LogP contribution in [0.3, 0.4) is 0 Å². The van der Waals surface area contributed by atoms with Gasteiger partial charge in [-0.3, -0.25) is 9.59 Å². The molecule has 1 saturated carbocycles. The maximum Gasteiger partial charge on any atom is 0.262 e. The topological polar surface area (TPSA) is 93.4 Å². The Morgan fingerprint density at radius 3 is 2.81 bits per heavy atom. The molecule has 0 aromatic heterocycles. The van der Waals surface area contributed by atoms with Crippen LogP contribution in [0, 0.1) is 0 Å². The zero-order valence-electron chi connectivity index (χ0n) is 11.7. The Kier molecular flexibility index (Phi) is 3.79. The molecule has 112 valence electrons. The molecule has 21 heavy (non-hydrogen) atoms. The maximum atomic E-state index is 12.4. The average molecular weight is 289 g/mol. The van der Waals surface area contributed by atoms with Crippen LogP contribution in [-0.2, 0) is 4.79 Å². The summed E-state index contributed by atoms with van der Waals surface area (Å²) in [5, 5.41) is 5.73. The fourth-order valence-electron chi connectivity index (χ4n) is 2.82. The van der Waals surface area contributed by atoms with Crippen molar-refractivity contribution < 1.29 is 14.3 Å². The van der Waals surface area contributed by atoms with Gasteiger partial charge in [0.1, 0.15) is 0 Å². The van der Waals surface area contributed by atoms with Crippen LogP contribution < -0.4 is 21.1 Å². The molecule has 6 heteroatoms. The summed E-state index contributed by atoms with van der Waals surface area (Å²) < 4.78 is 5.40. The highest BCUT2D eigenvalue weighted by molar-refractivity contribution is 6.03. The van der Waals surface area contributed by atoms with Crippen LogP contribution in [-0.4, -0.2) is 30.5 Å². The van der Waals surface area contributed by atoms with Crippen molar-refractivity contribution in [1.82, 2.24) is 5.32 Å². The van der Waals surface area contributed by atoms with Crippen molar-refractivity contribution >= 4 is 17.5 Å². The van der Waals surface area contributed by atoms with Gasteiger partial charge in [0.25, 0.3) is 11.8 Å². The largest absolute Gasteiger partial charge is 0.481 e. The number of rotatable bonds is 2. The molecular formula is C15H19N3O3. The van der Waals surface area contributed by atoms with Crippen LogP contribution in [0.15, 0.2) is 18.2 Å². The number of nitrogens with one attached hydrogen (secondary N) is 2. The highest BCUT2D eigenvalue weighted by Gasteiger charge is 2.25. The van der Waals surface area contributed by atoms with E-state index in [9.17, 15) is 9.59 Å². The number of fused-ring (bicyclic) bond motifs is 1. The highest BCUT2D eigenvalue weighted by Crippen LogP contribution is 2.31. The molecule has 1 aromatic rings. The number of amides is 2. The van der Waals surface area contributed by atoms with Gasteiger partial charge in [0.15, 0.2) is 12.4 Å². The minimum atomic E-state index is -0.207. The van der Waals surface area contributed by atoms with E-state index in [1.54, 1.807) is 18.2 Å². The Balaban J connectivity index is 1.73. The summed E-state index contributed by atoms with van der Waals surface area (Å²) in [6, 6.07) is 5.58. The van der Waals surface area contributed by atoms with Gasteiger partial charge in [-0.2, -0.15) is 0 Å². The molecule has 0 saturated heterocycles. The van der Waals surface area contributed by atoms with Crippen molar-refractivity contribution in [2.24, 2.45) is 5.73 Å². The van der Waals surface area contributed by atoms with E-state index in [0.717, 1.165) is 25.7 Å². The van der Waals surface area contributed by atoms with Crippen molar-refractivity contribution in [3.05, 3.63) is 23.8 Å². The highest BCUT2D eigenvalue weighted by atomic mass is 16.5. The predicted octanol–water partition coefficient (Wildman–Crippen LogP) is 1.02. The molecule has 0 unspecified atom stereocenters. The van der Waals surface area contributed by atoms with Gasteiger partial charge < -0.3 is 21.1 Å². The maximum absolute atomic E-state index is 12.4. The van der Waals surface area contributed by atoms with Gasteiger partial charge in [-0.25, -0.2) is 0 Å². The van der Waals surface area contributed by atoms with Gasteiger partial charge in [-0.05, 0) is 37.8 Å². The van der Waals surface area contributed by atoms with Crippen molar-refractivity contribution in [2.75, 3.05) is 11.9 Å². The quantitative estimate of drug-likeness (QED) is 0.757. The summed E-state index contributed by atoms with van der Waals surface area (Å²) >= 11 is 0. The van der Waals surface area contributed by atoms with E-state index >= 15 is 0 Å². The second-order valence-electron chi connectivity index (χ2n) is 5.60. The molecule has 1 aliphatic carbocycles. The molecular weight excluding hydrogens is 270 g/mol. The van der Waals surface area contributed by atoms with Gasteiger partial charge in [0, 0.05) is 12.1 Å². The Bertz CT molecular complexity index is 565. The lowest BCUT2D eigenvalue weighted by atomic mass is 9.91. The number of hydrogen-bond acceptors (Lipinski definition) is 4. The Morgan fingerprint density at radius 1 is 1.29 bits per heavy atom. The lowest BCUT2D eigenvalue weighted by Crippen LogP contribution is -2.40. The summed E-state index contributed by atoms with van der Waals surface area (Å²) in [4.78, 5) is 23.7. The zero-order chi connectivity index (χ0) is 14.8. The first-order valence-electron chi connectivity index (χ1n) is 7.25. The molecule has 2 amide bonds. The van der Waals surface area contributed by atoms with Gasteiger partial charge in [-0.1, -0.05) is 6.07 Å². The van der Waals surface area contributed by atoms with E-state index in [1.165, 1.54) is 0 Å². The predicted molar refractivity (Wildman–Crippen MR) is 78.3 cm³/mol. The molecule has 0 bridgehead atoms. The van der Waals surface area contributed by atoms with E-state index in [-0.39, 0.29) is 30.5 Å². The third-order valence-corrected chi connectivity index (χ3v) is 3.99. The van der Waals surface area contributed by atoms with Crippen LogP contribution in [0.4, 0.5) is 5.69 Å². The fourth-order valence-corrected chi connectivity index (χ4v) is 2.82. The van der Waals surface area contributed by atoms with Crippen molar-refractivity contribution in [2.45, 2.75) is 37.8 Å². The first kappa shape index (κ1) is 13.9. The fraction of sp³-hybridized carbons (Fsp3) is 0.467. The molecule has 1 aliphatic heterocycles. The minimum Gasteiger partial charge on any atom is -0.481 e. The van der Waals surface area contributed by atoms with Crippen LogP contribution in [0.2, 0.25) is 0 Å². The van der Waals surface area contributed by atoms with E-state index in [2.05, 4.69) is 10.6 Å². The van der Waals surface area contributed by atoms with Crippen molar-refractivity contribution in [3.63, 3.8) is 0 Å². The minimum absolute atomic E-state index is 0.0599. The number of para-hydroxylation sites is 1. The summed E-state index contributed by atoms with van der Waals surface area (Å²) in [5.41, 5.74) is 6.88. The number of nitrogens with two attached hydrogens (primary N) is 1. The van der Waals surface area contributed by atoms with E-state index in [1.807, 2.05) is 0 Å². The smallest absolute Gasteiger partial charge is 0.262 e. The van der Waals surface area contributed by atoms with E-state index in [0.29, 0.717) is 17.0 Å². The standard InChI is InChI=1S/C15H19N3O3/c16-9-4-6-10(7-5-9)17-15(20)11-2-1-3-12-14(11)21-8-13(19)18-12/h1-3,9-10H,4-8,16H2,(H,17,20)(H,18,19)/t9-,10-. The summed E-state index contributed by atoms with van der Waals surface area (Å²) in [6.45, 7) is -0.0599. The third-order valence-electron chi connectivity index (χ3n) is 3.99. The van der Waals surface area contributed by atoms with Crippen LogP contribution in [0.25, 0.3) is 0 Å². The normalized spacial score (nSPS) is 24.5. The average Bonchev–Trinajstić information content (AvgIpc) is 2.48. The molecule has 0 radical (unpaired) electrons. The van der Waals surface area contributed by atoms with E-state index in [4.69, 9.17) is 10.5 Å². The molecule has 4 N–H and O–H groups in total. The summed E-state index contributed by atoms with van der Waals surface area (Å²) in [7, 11) is 0. The second kappa shape index (κ2) is 5.73. The van der Waals surface area contributed by atoms with Crippen LogP contribution in [0.1, 0.15) is 36.0 Å². The second-order valence-corrected chi connectivity index (χ2v) is 5.60. The number of hydrogen-bond donors (Lipinski definition) is 3. The number of anilines is 1. The van der Waals surface area contributed by atoms with Crippen molar-refractivity contribution in [3.8, 4) is 5.75 Å². The first-order valence-corrected chi connectivity index (χ1v) is 7.25. The molecule has 1 fully saturated rings. The third kappa shape index (κ3) is 3.00. The number of ether oxygens (including phenoxy) is 1. The van der Waals surface area contributed by atoms with Gasteiger partial charge >= 0.3 is 0 Å². The summed E-state index contributed by atoms with van der Waals surface area (Å²) in [5.74, 6) is 0.0758. The lowest BCUT2D eigenvalue weighted by molar-refractivity contribution is -0.118. The Morgan fingerprint density at radius 2 is 2.05 bits per heavy atom. The Hall–Kier alpha value is -2.08. The van der Waals surface area contributed by atoms with Gasteiger partial charge in [0.05, 0.1) is 11.3 Å². The van der Waals surface area contributed by atoms with Gasteiger partial charge in [-0.15, -0.1) is 0 Å². The zero-order valence-corrected chi connectivity index (χ0v) is 11.7. The summed E-state index contributed by atoms with van der Waals surface area (Å²) in [6.07, 6.45) is 3.67. The lowest BCUT2D eigenvalue weighted by Gasteiger charge is -2.27. The first-order chi connectivity index (χ1) is 10.1. The number of carbonyl (C=O) groups excluding carboxylic acids is 2. The monoisotopic (exact) mass is 289 g/mol. The molecule has 1 heterocycles. The SMILES string of the molecule is N[C@H]1CC[C@H](NC(=O)c2cccc3c2OCC(=O)N3)CC1. The van der Waals surface area contributed by atoms with Crippen LogP contribution >= 0.6 is 0 Å².